The molecule has 0 radical (unpaired) electrons. The Morgan fingerprint density at radius 2 is 1.75 bits per heavy atom. The van der Waals surface area contributed by atoms with Crippen molar-refractivity contribution in [1.82, 2.24) is 0 Å². The molecule has 2 rings (SSSR count). The maximum Gasteiger partial charge on any atom is 0.400 e. The summed E-state index contributed by atoms with van der Waals surface area (Å²) in [5, 5.41) is 9.28. The number of halogens is 3. The molecule has 1 aliphatic rings. The Morgan fingerprint density at radius 3 is 2.20 bits per heavy atom. The van der Waals surface area contributed by atoms with Gasteiger partial charge >= 0.3 is 6.18 Å². The molecule has 0 aliphatic heterocycles. The van der Waals surface area contributed by atoms with E-state index in [2.05, 4.69) is 0 Å². The minimum Gasteiger partial charge on any atom is -0.395 e. The third-order valence-electron chi connectivity index (χ3n) is 3.80. The molecular formula is C16H17F3O. The summed E-state index contributed by atoms with van der Waals surface area (Å²) in [5.74, 6) is 0. The highest BCUT2D eigenvalue weighted by atomic mass is 19.4. The van der Waals surface area contributed by atoms with Gasteiger partial charge in [0.2, 0.25) is 0 Å². The first-order valence-electron chi connectivity index (χ1n) is 6.43. The van der Waals surface area contributed by atoms with E-state index in [0.717, 1.165) is 11.1 Å². The second kappa shape index (κ2) is 5.09. The highest BCUT2D eigenvalue weighted by Gasteiger charge is 2.54. The van der Waals surface area contributed by atoms with E-state index in [1.807, 2.05) is 30.3 Å². The van der Waals surface area contributed by atoms with Gasteiger partial charge in [0.1, 0.15) is 5.41 Å². The molecule has 0 fully saturated rings. The van der Waals surface area contributed by atoms with Crippen LogP contribution >= 0.6 is 0 Å². The zero-order chi connectivity index (χ0) is 15.0. The van der Waals surface area contributed by atoms with Gasteiger partial charge in [-0.05, 0) is 37.0 Å². The quantitative estimate of drug-likeness (QED) is 0.855. The van der Waals surface area contributed by atoms with Gasteiger partial charge in [0.05, 0.1) is 6.61 Å². The summed E-state index contributed by atoms with van der Waals surface area (Å²) in [6.07, 6.45) is -3.48. The zero-order valence-corrected chi connectivity index (χ0v) is 11.5. The van der Waals surface area contributed by atoms with Crippen molar-refractivity contribution in [2.24, 2.45) is 5.41 Å². The lowest BCUT2D eigenvalue weighted by atomic mass is 9.72. The van der Waals surface area contributed by atoms with Gasteiger partial charge in [-0.3, -0.25) is 0 Å². The Balaban J connectivity index is 2.50. The molecule has 1 aromatic rings. The average molecular weight is 282 g/mol. The van der Waals surface area contributed by atoms with Crippen LogP contribution in [0.25, 0.3) is 5.57 Å². The van der Waals surface area contributed by atoms with Gasteiger partial charge in [-0.1, -0.05) is 42.0 Å². The number of aliphatic hydroxyl groups is 1. The van der Waals surface area contributed by atoms with Crippen molar-refractivity contribution < 1.29 is 18.3 Å². The minimum atomic E-state index is -4.45. The van der Waals surface area contributed by atoms with Crippen LogP contribution in [0.15, 0.2) is 47.6 Å². The number of aliphatic hydroxyl groups excluding tert-OH is 1. The predicted octanol–water partition coefficient (Wildman–Crippen LogP) is 4.35. The first-order chi connectivity index (χ1) is 9.31. The number of rotatable bonds is 2. The maximum absolute atomic E-state index is 13.2. The summed E-state index contributed by atoms with van der Waals surface area (Å²) in [4.78, 5) is 0. The van der Waals surface area contributed by atoms with Crippen molar-refractivity contribution in [3.63, 3.8) is 0 Å². The molecule has 108 valence electrons. The fourth-order valence-electron chi connectivity index (χ4n) is 2.89. The summed E-state index contributed by atoms with van der Waals surface area (Å²) in [6.45, 7) is 2.45. The molecule has 20 heavy (non-hydrogen) atoms. The molecule has 0 saturated carbocycles. The highest BCUT2D eigenvalue weighted by Crippen LogP contribution is 2.50. The van der Waals surface area contributed by atoms with Crippen LogP contribution in [0.4, 0.5) is 13.2 Å². The van der Waals surface area contributed by atoms with E-state index in [0.29, 0.717) is 11.1 Å². The van der Waals surface area contributed by atoms with Crippen LogP contribution in [0.1, 0.15) is 25.8 Å². The van der Waals surface area contributed by atoms with E-state index in [1.54, 1.807) is 13.8 Å². The molecule has 1 aromatic carbocycles. The maximum atomic E-state index is 13.2. The predicted molar refractivity (Wildman–Crippen MR) is 73.0 cm³/mol. The second-order valence-corrected chi connectivity index (χ2v) is 5.34. The largest absolute Gasteiger partial charge is 0.400 e. The first kappa shape index (κ1) is 14.9. The normalized spacial score (nSPS) is 23.8. The molecule has 1 aliphatic carbocycles. The molecule has 0 bridgehead atoms. The summed E-state index contributed by atoms with van der Waals surface area (Å²) in [6, 6.07) is 9.36. The van der Waals surface area contributed by atoms with E-state index in [1.165, 1.54) is 6.08 Å². The number of allylic oxidation sites excluding steroid dienone is 3. The van der Waals surface area contributed by atoms with Gasteiger partial charge in [-0.2, -0.15) is 13.2 Å². The molecule has 0 saturated heterocycles. The van der Waals surface area contributed by atoms with E-state index >= 15 is 0 Å². The average Bonchev–Trinajstić information content (AvgIpc) is 2.37. The minimum absolute atomic E-state index is 0.200. The molecule has 0 amide bonds. The van der Waals surface area contributed by atoms with Crippen LogP contribution in [0.3, 0.4) is 0 Å². The van der Waals surface area contributed by atoms with E-state index in [4.69, 9.17) is 0 Å². The molecule has 1 N–H and O–H groups in total. The van der Waals surface area contributed by atoms with Crippen LogP contribution in [0, 0.1) is 5.41 Å². The Hall–Kier alpha value is -1.55. The fraction of sp³-hybridized carbons (Fsp3) is 0.375. The Labute approximate surface area is 116 Å². The molecule has 1 unspecified atom stereocenters. The molecule has 1 atom stereocenters. The van der Waals surface area contributed by atoms with Crippen LogP contribution in [-0.2, 0) is 0 Å². The summed E-state index contributed by atoms with van der Waals surface area (Å²) >= 11 is 0. The highest BCUT2D eigenvalue weighted by molar-refractivity contribution is 5.82. The Kier molecular flexibility index (Phi) is 3.78. The summed E-state index contributed by atoms with van der Waals surface area (Å²) < 4.78 is 39.7. The monoisotopic (exact) mass is 282 g/mol. The van der Waals surface area contributed by atoms with Crippen molar-refractivity contribution in [3.05, 3.63) is 53.1 Å². The first-order valence-corrected chi connectivity index (χ1v) is 6.43. The van der Waals surface area contributed by atoms with E-state index in [9.17, 15) is 18.3 Å². The number of hydrogen-bond acceptors (Lipinski definition) is 1. The lowest BCUT2D eigenvalue weighted by molar-refractivity contribution is -0.216. The van der Waals surface area contributed by atoms with Crippen LogP contribution < -0.4 is 0 Å². The third-order valence-corrected chi connectivity index (χ3v) is 3.80. The van der Waals surface area contributed by atoms with E-state index < -0.39 is 18.2 Å². The molecule has 4 heteroatoms. The van der Waals surface area contributed by atoms with Crippen molar-refractivity contribution >= 4 is 5.57 Å². The fourth-order valence-corrected chi connectivity index (χ4v) is 2.89. The topological polar surface area (TPSA) is 20.2 Å². The number of hydrogen-bond donors (Lipinski definition) is 1. The Morgan fingerprint density at radius 1 is 1.15 bits per heavy atom. The zero-order valence-electron chi connectivity index (χ0n) is 11.5. The molecule has 1 nitrogen and oxygen atoms in total. The summed E-state index contributed by atoms with van der Waals surface area (Å²) in [5.41, 5.74) is 0.819. The van der Waals surface area contributed by atoms with Gasteiger partial charge in [0, 0.05) is 0 Å². The van der Waals surface area contributed by atoms with Crippen LogP contribution in [0.5, 0.6) is 0 Å². The van der Waals surface area contributed by atoms with Gasteiger partial charge in [0.15, 0.2) is 0 Å². The molecular weight excluding hydrogens is 265 g/mol. The van der Waals surface area contributed by atoms with Gasteiger partial charge < -0.3 is 5.11 Å². The lowest BCUT2D eigenvalue weighted by Gasteiger charge is -2.36. The van der Waals surface area contributed by atoms with Crippen molar-refractivity contribution in [3.8, 4) is 0 Å². The van der Waals surface area contributed by atoms with Crippen molar-refractivity contribution in [2.75, 3.05) is 6.61 Å². The third kappa shape index (κ3) is 2.40. The number of alkyl halides is 3. The molecule has 0 spiro atoms. The van der Waals surface area contributed by atoms with Crippen LogP contribution in [0.2, 0.25) is 0 Å². The van der Waals surface area contributed by atoms with Gasteiger partial charge in [-0.15, -0.1) is 0 Å². The van der Waals surface area contributed by atoms with Crippen molar-refractivity contribution in [2.45, 2.75) is 26.4 Å². The molecule has 0 aromatic heterocycles. The van der Waals surface area contributed by atoms with Gasteiger partial charge in [-0.25, -0.2) is 0 Å². The Bertz CT molecular complexity index is 555. The standard InChI is InChI=1S/C16H17F3O/c1-11-8-15(10-20,16(17,18)19)9-12(2)14(11)13-6-4-3-5-7-13/h3-8,20H,9-10H2,1-2H3. The molecule has 0 heterocycles. The van der Waals surface area contributed by atoms with E-state index in [-0.39, 0.29) is 6.42 Å². The second-order valence-electron chi connectivity index (χ2n) is 5.34. The van der Waals surface area contributed by atoms with Gasteiger partial charge in [0.25, 0.3) is 0 Å². The number of benzene rings is 1. The lowest BCUT2D eigenvalue weighted by Crippen LogP contribution is -2.41. The summed E-state index contributed by atoms with van der Waals surface area (Å²) in [7, 11) is 0. The SMILES string of the molecule is CC1=CC(CO)(C(F)(F)F)CC(C)=C1c1ccccc1. The van der Waals surface area contributed by atoms with Crippen molar-refractivity contribution in [1.29, 1.82) is 0 Å². The van der Waals surface area contributed by atoms with Crippen LogP contribution in [-0.4, -0.2) is 17.9 Å². The smallest absolute Gasteiger partial charge is 0.395 e.